The van der Waals surface area contributed by atoms with Gasteiger partial charge in [0.15, 0.2) is 17.6 Å². The molecule has 5 nitrogen and oxygen atoms in total. The predicted molar refractivity (Wildman–Crippen MR) is 68.8 cm³/mol. The topological polar surface area (TPSA) is 68.7 Å². The van der Waals surface area contributed by atoms with Gasteiger partial charge in [-0.1, -0.05) is 12.1 Å². The van der Waals surface area contributed by atoms with Crippen molar-refractivity contribution in [2.24, 2.45) is 0 Å². The molecule has 1 N–H and O–H groups in total. The Bertz CT molecular complexity index is 610. The molecule has 1 aliphatic rings. The monoisotopic (exact) mass is 277 g/mol. The summed E-state index contributed by atoms with van der Waals surface area (Å²) >= 11 is 1.39. The smallest absolute Gasteiger partial charge is 0.309 e. The van der Waals surface area contributed by atoms with Gasteiger partial charge in [0.25, 0.3) is 0 Å². The molecule has 1 unspecified atom stereocenters. The van der Waals surface area contributed by atoms with Gasteiger partial charge in [-0.15, -0.1) is 11.3 Å². The Morgan fingerprint density at radius 1 is 1.42 bits per heavy atom. The SMILES string of the molecule is O=C(O)Cc1csc(C2COc3ccccc3O2)n1. The number of hydrogen-bond acceptors (Lipinski definition) is 5. The van der Waals surface area contributed by atoms with Crippen LogP contribution in [0.4, 0.5) is 0 Å². The molecule has 0 saturated heterocycles. The molecule has 0 fully saturated rings. The lowest BCUT2D eigenvalue weighted by molar-refractivity contribution is -0.136. The summed E-state index contributed by atoms with van der Waals surface area (Å²) in [4.78, 5) is 14.9. The lowest BCUT2D eigenvalue weighted by atomic mass is 10.2. The third-order valence-electron chi connectivity index (χ3n) is 2.69. The fourth-order valence-electron chi connectivity index (χ4n) is 1.85. The van der Waals surface area contributed by atoms with Crippen LogP contribution in [0.25, 0.3) is 0 Å². The molecule has 0 amide bonds. The number of thiazole rings is 1. The van der Waals surface area contributed by atoms with Crippen LogP contribution < -0.4 is 9.47 Å². The summed E-state index contributed by atoms with van der Waals surface area (Å²) < 4.78 is 11.4. The normalized spacial score (nSPS) is 17.2. The van der Waals surface area contributed by atoms with E-state index >= 15 is 0 Å². The average Bonchev–Trinajstić information content (AvgIpc) is 2.86. The number of aliphatic carboxylic acids is 1. The van der Waals surface area contributed by atoms with Crippen molar-refractivity contribution in [3.05, 3.63) is 40.3 Å². The fraction of sp³-hybridized carbons (Fsp3) is 0.231. The second-order valence-electron chi connectivity index (χ2n) is 4.11. The zero-order chi connectivity index (χ0) is 13.2. The fourth-order valence-corrected chi connectivity index (χ4v) is 2.68. The van der Waals surface area contributed by atoms with Crippen molar-refractivity contribution in [2.75, 3.05) is 6.61 Å². The molecule has 1 aromatic carbocycles. The van der Waals surface area contributed by atoms with Gasteiger partial charge in [-0.2, -0.15) is 0 Å². The Morgan fingerprint density at radius 3 is 3.00 bits per heavy atom. The maximum absolute atomic E-state index is 10.6. The quantitative estimate of drug-likeness (QED) is 0.932. The maximum atomic E-state index is 10.6. The van der Waals surface area contributed by atoms with Gasteiger partial charge < -0.3 is 14.6 Å². The maximum Gasteiger partial charge on any atom is 0.309 e. The number of carboxylic acid groups (broad SMARTS) is 1. The Hall–Kier alpha value is -2.08. The van der Waals surface area contributed by atoms with Crippen LogP contribution in [0.3, 0.4) is 0 Å². The number of fused-ring (bicyclic) bond motifs is 1. The number of para-hydroxylation sites is 2. The minimum absolute atomic E-state index is 0.0688. The van der Waals surface area contributed by atoms with E-state index in [9.17, 15) is 4.79 Å². The highest BCUT2D eigenvalue weighted by molar-refractivity contribution is 7.09. The van der Waals surface area contributed by atoms with Crippen molar-refractivity contribution in [3.8, 4) is 11.5 Å². The first kappa shape index (κ1) is 12.0. The van der Waals surface area contributed by atoms with Crippen molar-refractivity contribution in [1.29, 1.82) is 0 Å². The zero-order valence-electron chi connectivity index (χ0n) is 9.91. The molecule has 0 saturated carbocycles. The zero-order valence-corrected chi connectivity index (χ0v) is 10.7. The van der Waals surface area contributed by atoms with Gasteiger partial charge in [-0.25, -0.2) is 4.98 Å². The van der Waals surface area contributed by atoms with Crippen molar-refractivity contribution < 1.29 is 19.4 Å². The molecule has 0 bridgehead atoms. The van der Waals surface area contributed by atoms with Crippen LogP contribution in [-0.2, 0) is 11.2 Å². The van der Waals surface area contributed by atoms with E-state index in [4.69, 9.17) is 14.6 Å². The predicted octanol–water partition coefficient (Wildman–Crippen LogP) is 2.28. The highest BCUT2D eigenvalue weighted by Crippen LogP contribution is 2.36. The second-order valence-corrected chi connectivity index (χ2v) is 5.00. The van der Waals surface area contributed by atoms with E-state index in [0.717, 1.165) is 10.8 Å². The molecule has 2 heterocycles. The van der Waals surface area contributed by atoms with Crippen molar-refractivity contribution >= 4 is 17.3 Å². The van der Waals surface area contributed by atoms with Crippen LogP contribution in [0.15, 0.2) is 29.6 Å². The van der Waals surface area contributed by atoms with Crippen molar-refractivity contribution in [3.63, 3.8) is 0 Å². The van der Waals surface area contributed by atoms with E-state index in [-0.39, 0.29) is 12.5 Å². The molecular weight excluding hydrogens is 266 g/mol. The van der Waals surface area contributed by atoms with E-state index in [1.165, 1.54) is 11.3 Å². The third kappa shape index (κ3) is 2.53. The van der Waals surface area contributed by atoms with Crippen LogP contribution in [0.1, 0.15) is 16.8 Å². The van der Waals surface area contributed by atoms with Gasteiger partial charge >= 0.3 is 5.97 Å². The van der Waals surface area contributed by atoms with Crippen molar-refractivity contribution in [2.45, 2.75) is 12.5 Å². The summed E-state index contributed by atoms with van der Waals surface area (Å²) in [6, 6.07) is 7.45. The van der Waals surface area contributed by atoms with Crippen LogP contribution in [0.2, 0.25) is 0 Å². The van der Waals surface area contributed by atoms with Crippen LogP contribution in [0.5, 0.6) is 11.5 Å². The summed E-state index contributed by atoms with van der Waals surface area (Å²) in [5.41, 5.74) is 0.551. The number of hydrogen-bond donors (Lipinski definition) is 1. The van der Waals surface area contributed by atoms with E-state index in [1.54, 1.807) is 5.38 Å². The summed E-state index contributed by atoms with van der Waals surface area (Å²) in [7, 11) is 0. The lowest BCUT2D eigenvalue weighted by Gasteiger charge is -2.24. The average molecular weight is 277 g/mol. The largest absolute Gasteiger partial charge is 0.485 e. The molecule has 6 heteroatoms. The Kier molecular flexibility index (Phi) is 3.08. The summed E-state index contributed by atoms with van der Waals surface area (Å²) in [5.74, 6) is 0.526. The Morgan fingerprint density at radius 2 is 2.21 bits per heavy atom. The highest BCUT2D eigenvalue weighted by atomic mass is 32.1. The highest BCUT2D eigenvalue weighted by Gasteiger charge is 2.25. The van der Waals surface area contributed by atoms with E-state index < -0.39 is 5.97 Å². The first-order chi connectivity index (χ1) is 9.22. The molecule has 1 aliphatic heterocycles. The molecule has 1 aromatic heterocycles. The van der Waals surface area contributed by atoms with Gasteiger partial charge in [-0.3, -0.25) is 4.79 Å². The summed E-state index contributed by atoms with van der Waals surface area (Å²) in [6.07, 6.45) is -0.344. The molecule has 19 heavy (non-hydrogen) atoms. The summed E-state index contributed by atoms with van der Waals surface area (Å²) in [5, 5.41) is 11.2. The van der Waals surface area contributed by atoms with Gasteiger partial charge in [0, 0.05) is 5.38 Å². The number of benzene rings is 1. The number of aromatic nitrogens is 1. The molecule has 0 radical (unpaired) electrons. The van der Waals surface area contributed by atoms with Gasteiger partial charge in [-0.05, 0) is 12.1 Å². The summed E-state index contributed by atoms with van der Waals surface area (Å²) in [6.45, 7) is 0.386. The first-order valence-electron chi connectivity index (χ1n) is 5.77. The Labute approximate surface area is 113 Å². The van der Waals surface area contributed by atoms with Gasteiger partial charge in [0.05, 0.1) is 12.1 Å². The van der Waals surface area contributed by atoms with Gasteiger partial charge in [0.2, 0.25) is 0 Å². The molecular formula is C13H11NO4S. The second kappa shape index (κ2) is 4.89. The molecule has 98 valence electrons. The van der Waals surface area contributed by atoms with E-state index in [2.05, 4.69) is 4.98 Å². The molecule has 3 rings (SSSR count). The van der Waals surface area contributed by atoms with E-state index in [0.29, 0.717) is 18.1 Å². The molecule has 1 atom stereocenters. The first-order valence-corrected chi connectivity index (χ1v) is 6.65. The Balaban J connectivity index is 1.77. The number of ether oxygens (including phenoxy) is 2. The van der Waals surface area contributed by atoms with Crippen LogP contribution in [0, 0.1) is 0 Å². The minimum Gasteiger partial charge on any atom is -0.485 e. The van der Waals surface area contributed by atoms with E-state index in [1.807, 2.05) is 24.3 Å². The number of carbonyl (C=O) groups is 1. The minimum atomic E-state index is -0.886. The lowest BCUT2D eigenvalue weighted by Crippen LogP contribution is -2.21. The molecule has 0 aliphatic carbocycles. The standard InChI is InChI=1S/C13H11NO4S/c15-12(16)5-8-7-19-13(14-8)11-6-17-9-3-1-2-4-10(9)18-11/h1-4,7,11H,5-6H2,(H,15,16). The van der Waals surface area contributed by atoms with Gasteiger partial charge in [0.1, 0.15) is 11.6 Å². The van der Waals surface area contributed by atoms with Crippen LogP contribution in [-0.4, -0.2) is 22.7 Å². The number of carboxylic acids is 1. The third-order valence-corrected chi connectivity index (χ3v) is 3.67. The number of nitrogens with zero attached hydrogens (tertiary/aromatic N) is 1. The molecule has 0 spiro atoms. The molecule has 2 aromatic rings. The number of rotatable bonds is 3. The van der Waals surface area contributed by atoms with Crippen LogP contribution >= 0.6 is 11.3 Å². The van der Waals surface area contributed by atoms with Crippen molar-refractivity contribution in [1.82, 2.24) is 4.98 Å².